The van der Waals surface area contributed by atoms with Crippen molar-refractivity contribution in [2.24, 2.45) is 5.73 Å². The van der Waals surface area contributed by atoms with Crippen molar-refractivity contribution in [3.8, 4) is 0 Å². The molecule has 2 nitrogen and oxygen atoms in total. The van der Waals surface area contributed by atoms with E-state index in [2.05, 4.69) is 5.73 Å². The van der Waals surface area contributed by atoms with Gasteiger partial charge >= 0.3 is 0 Å². The first-order valence-corrected chi connectivity index (χ1v) is 0.993. The number of amides is 1. The van der Waals surface area contributed by atoms with E-state index in [0.29, 0.717) is 0 Å². The molecule has 0 unspecified atom stereocenters. The van der Waals surface area contributed by atoms with Gasteiger partial charge in [0.2, 0.25) is 5.91 Å². The van der Waals surface area contributed by atoms with Gasteiger partial charge in [0.25, 0.3) is 0 Å². The Labute approximate surface area is 60.7 Å². The van der Waals surface area contributed by atoms with Gasteiger partial charge in [-0.15, -0.1) is 0 Å². The second-order valence-corrected chi connectivity index (χ2v) is 0.611. The number of carbonyl (C=O) groups excluding carboxylic acids is 1. The van der Waals surface area contributed by atoms with Gasteiger partial charge in [-0.05, 0) is 0 Å². The van der Waals surface area contributed by atoms with E-state index in [1.165, 1.54) is 6.92 Å². The zero-order valence-corrected chi connectivity index (χ0v) is 5.40. The molecule has 2 radical (unpaired) electrons. The Morgan fingerprint density at radius 3 is 1.80 bits per heavy atom. The molecule has 0 rings (SSSR count). The number of carbonyl (C=O) groups is 1. The number of hydrogen-bond donors (Lipinski definition) is 1. The molecule has 0 aliphatic carbocycles. The maximum atomic E-state index is 9.22. The molecule has 0 atom stereocenters. The van der Waals surface area contributed by atoms with E-state index in [-0.39, 0.29) is 43.6 Å². The van der Waals surface area contributed by atoms with E-state index in [1.807, 2.05) is 0 Å². The van der Waals surface area contributed by atoms with Crippen molar-refractivity contribution in [1.82, 2.24) is 0 Å². The summed E-state index contributed by atoms with van der Waals surface area (Å²) in [5.41, 5.74) is 4.47. The maximum Gasteiger partial charge on any atom is 0.214 e. The monoisotopic (exact) mass is 99.0 g/mol. The quantitative estimate of drug-likeness (QED) is 0.393. The summed E-state index contributed by atoms with van der Waals surface area (Å²) in [5.74, 6) is -0.333. The third kappa shape index (κ3) is 66.2. The fraction of sp³-hybridized carbons (Fsp3) is 0.500. The maximum absolute atomic E-state index is 9.22. The van der Waals surface area contributed by atoms with E-state index < -0.39 is 0 Å². The van der Waals surface area contributed by atoms with Gasteiger partial charge in [-0.25, -0.2) is 0 Å². The van der Waals surface area contributed by atoms with Crippen LogP contribution in [0.15, 0.2) is 0 Å². The van der Waals surface area contributed by atoms with Crippen molar-refractivity contribution in [3.05, 3.63) is 0 Å². The standard InChI is InChI=1S/C2H5NO.Ca/c1-2(3)4;/h1H3,(H2,3,4);. The topological polar surface area (TPSA) is 43.1 Å². The van der Waals surface area contributed by atoms with Crippen molar-refractivity contribution < 1.29 is 4.79 Å². The predicted octanol–water partition coefficient (Wildman–Crippen LogP) is -0.889. The summed E-state index contributed by atoms with van der Waals surface area (Å²) in [6.45, 7) is 1.31. The van der Waals surface area contributed by atoms with Crippen molar-refractivity contribution >= 4 is 43.6 Å². The summed E-state index contributed by atoms with van der Waals surface area (Å²) in [4.78, 5) is 9.22. The Bertz CT molecular complexity index is 32.6. The molecule has 0 fully saturated rings. The largest absolute Gasteiger partial charge is 0.370 e. The molecule has 3 heteroatoms. The zero-order chi connectivity index (χ0) is 3.58. The fourth-order valence-electron chi connectivity index (χ4n) is 0. The van der Waals surface area contributed by atoms with Crippen LogP contribution < -0.4 is 5.73 Å². The van der Waals surface area contributed by atoms with Crippen LogP contribution in [0.4, 0.5) is 0 Å². The van der Waals surface area contributed by atoms with Crippen molar-refractivity contribution in [3.63, 3.8) is 0 Å². The van der Waals surface area contributed by atoms with Gasteiger partial charge in [-0.1, -0.05) is 0 Å². The number of hydrogen-bond acceptors (Lipinski definition) is 1. The van der Waals surface area contributed by atoms with Crippen LogP contribution in [0.5, 0.6) is 0 Å². The van der Waals surface area contributed by atoms with E-state index >= 15 is 0 Å². The Balaban J connectivity index is 0. The SMILES string of the molecule is CC(N)=O.[Ca]. The summed E-state index contributed by atoms with van der Waals surface area (Å²) in [6.07, 6.45) is 0. The molecule has 2 N–H and O–H groups in total. The molecule has 1 amide bonds. The molecule has 0 saturated carbocycles. The van der Waals surface area contributed by atoms with Gasteiger partial charge in [0.15, 0.2) is 0 Å². The molecule has 5 heavy (non-hydrogen) atoms. The molecule has 0 bridgehead atoms. The minimum Gasteiger partial charge on any atom is -0.370 e. The predicted molar refractivity (Wildman–Crippen MR) is 20.6 cm³/mol. The Hall–Kier alpha value is 0.730. The van der Waals surface area contributed by atoms with Crippen LogP contribution >= 0.6 is 0 Å². The molecular weight excluding hydrogens is 94.1 g/mol. The summed E-state index contributed by atoms with van der Waals surface area (Å²) in [7, 11) is 0. The smallest absolute Gasteiger partial charge is 0.214 e. The summed E-state index contributed by atoms with van der Waals surface area (Å²) in [5, 5.41) is 0. The molecule has 0 aromatic rings. The van der Waals surface area contributed by atoms with Crippen LogP contribution in [-0.4, -0.2) is 43.6 Å². The molecule has 0 aliphatic heterocycles. The van der Waals surface area contributed by atoms with Crippen molar-refractivity contribution in [2.75, 3.05) is 0 Å². The average Bonchev–Trinajstić information content (AvgIpc) is 0.811. The summed E-state index contributed by atoms with van der Waals surface area (Å²) < 4.78 is 0. The minimum atomic E-state index is -0.333. The van der Waals surface area contributed by atoms with Crippen LogP contribution in [0.3, 0.4) is 0 Å². The van der Waals surface area contributed by atoms with Gasteiger partial charge in [0, 0.05) is 44.7 Å². The zero-order valence-electron chi connectivity index (χ0n) is 3.19. The Morgan fingerprint density at radius 2 is 1.80 bits per heavy atom. The molecule has 0 heterocycles. The van der Waals surface area contributed by atoms with Crippen LogP contribution in [0.1, 0.15) is 6.92 Å². The van der Waals surface area contributed by atoms with Crippen LogP contribution in [0, 0.1) is 0 Å². The summed E-state index contributed by atoms with van der Waals surface area (Å²) in [6, 6.07) is 0. The van der Waals surface area contributed by atoms with Crippen molar-refractivity contribution in [2.45, 2.75) is 6.92 Å². The molecule has 0 aromatic carbocycles. The van der Waals surface area contributed by atoms with Crippen molar-refractivity contribution in [1.29, 1.82) is 0 Å². The minimum absolute atomic E-state index is 0. The van der Waals surface area contributed by atoms with Gasteiger partial charge in [0.05, 0.1) is 0 Å². The van der Waals surface area contributed by atoms with Gasteiger partial charge < -0.3 is 5.73 Å². The Morgan fingerprint density at radius 1 is 1.80 bits per heavy atom. The van der Waals surface area contributed by atoms with E-state index in [4.69, 9.17) is 0 Å². The first-order chi connectivity index (χ1) is 1.73. The normalized spacial score (nSPS) is 5.00. The van der Waals surface area contributed by atoms with Crippen LogP contribution in [0.25, 0.3) is 0 Å². The molecule has 0 saturated heterocycles. The van der Waals surface area contributed by atoms with E-state index in [1.54, 1.807) is 0 Å². The Kier molecular flexibility index (Phi) is 8.72. The second kappa shape index (κ2) is 4.73. The molecule has 0 spiro atoms. The van der Waals surface area contributed by atoms with E-state index in [9.17, 15) is 4.79 Å². The molecular formula is C2H5CaNO. The average molecular weight is 99.1 g/mol. The van der Waals surface area contributed by atoms with Crippen LogP contribution in [-0.2, 0) is 4.79 Å². The third-order valence-electron chi connectivity index (χ3n) is 0. The van der Waals surface area contributed by atoms with Gasteiger partial charge in [0.1, 0.15) is 0 Å². The third-order valence-corrected chi connectivity index (χ3v) is 0. The second-order valence-electron chi connectivity index (χ2n) is 0.611. The first kappa shape index (κ1) is 9.21. The number of nitrogens with two attached hydrogens (primary N) is 1. The molecule has 0 aliphatic rings. The first-order valence-electron chi connectivity index (χ1n) is 0.993. The molecule has 26 valence electrons. The van der Waals surface area contributed by atoms with Gasteiger partial charge in [-0.2, -0.15) is 0 Å². The molecule has 0 aromatic heterocycles. The number of rotatable bonds is 0. The fourth-order valence-corrected chi connectivity index (χ4v) is 0. The summed E-state index contributed by atoms with van der Waals surface area (Å²) >= 11 is 0. The van der Waals surface area contributed by atoms with Gasteiger partial charge in [-0.3, -0.25) is 4.79 Å². The van der Waals surface area contributed by atoms with E-state index in [0.717, 1.165) is 0 Å². The number of primary amides is 1. The van der Waals surface area contributed by atoms with Crippen LogP contribution in [0.2, 0.25) is 0 Å².